The molecule has 0 aromatic heterocycles. The summed E-state index contributed by atoms with van der Waals surface area (Å²) in [5, 5.41) is 13.2. The van der Waals surface area contributed by atoms with Crippen molar-refractivity contribution in [2.75, 3.05) is 5.43 Å². The summed E-state index contributed by atoms with van der Waals surface area (Å²) in [5.74, 6) is 0. The topological polar surface area (TPSA) is 67.5 Å². The predicted octanol–water partition coefficient (Wildman–Crippen LogP) is 1.32. The second kappa shape index (κ2) is 4.07. The van der Waals surface area contributed by atoms with Gasteiger partial charge in [-0.05, 0) is 17.1 Å². The third-order valence-corrected chi connectivity index (χ3v) is 1.12. The Morgan fingerprint density at radius 3 is 2.67 bits per heavy atom. The molecule has 1 N–H and O–H groups in total. The molecule has 1 rings (SSSR count). The molecule has 0 saturated heterocycles. The number of anilines is 1. The molecule has 0 bridgehead atoms. The third kappa shape index (κ3) is 2.78. The van der Waals surface area contributed by atoms with E-state index in [0.717, 1.165) is 5.69 Å². The Kier molecular flexibility index (Phi) is 2.78. The molecule has 5 nitrogen and oxygen atoms in total. The first kappa shape index (κ1) is 8.19. The van der Waals surface area contributed by atoms with Gasteiger partial charge in [0, 0.05) is 5.10 Å². The van der Waals surface area contributed by atoms with Crippen LogP contribution in [0.1, 0.15) is 0 Å². The van der Waals surface area contributed by atoms with Gasteiger partial charge in [0.15, 0.2) is 0 Å². The highest BCUT2D eigenvalue weighted by molar-refractivity contribution is 5.49. The second-order valence-electron chi connectivity index (χ2n) is 2.01. The fraction of sp³-hybridized carbons (Fsp3) is 0. The van der Waals surface area contributed by atoms with Gasteiger partial charge in [-0.15, -0.1) is 0 Å². The summed E-state index contributed by atoms with van der Waals surface area (Å²) in [5.41, 5.74) is 3.22. The molecule has 0 aliphatic rings. The lowest BCUT2D eigenvalue weighted by Crippen LogP contribution is -1.96. The lowest BCUT2D eigenvalue weighted by molar-refractivity contribution is -0.339. The Hall–Kier alpha value is -1.91. The minimum Gasteiger partial charge on any atom is -0.358 e. The van der Waals surface area contributed by atoms with Gasteiger partial charge in [0.05, 0.1) is 5.69 Å². The lowest BCUT2D eigenvalue weighted by Gasteiger charge is -1.90. The van der Waals surface area contributed by atoms with E-state index in [1.54, 1.807) is 12.1 Å². The lowest BCUT2D eigenvalue weighted by atomic mass is 10.3. The van der Waals surface area contributed by atoms with E-state index in [-0.39, 0.29) is 0 Å². The Labute approximate surface area is 68.9 Å². The average molecular weight is 165 g/mol. The van der Waals surface area contributed by atoms with E-state index in [9.17, 15) is 10.1 Å². The molecule has 0 atom stereocenters. The molecular weight excluding hydrogens is 158 g/mol. The van der Waals surface area contributed by atoms with Crippen LogP contribution < -0.4 is 5.43 Å². The van der Waals surface area contributed by atoms with Crippen molar-refractivity contribution in [1.29, 1.82) is 0 Å². The van der Waals surface area contributed by atoms with E-state index < -0.39 is 4.92 Å². The summed E-state index contributed by atoms with van der Waals surface area (Å²) in [7, 11) is 0. The first-order valence-corrected chi connectivity index (χ1v) is 3.27. The first-order chi connectivity index (χ1) is 5.79. The molecule has 0 unspecified atom stereocenters. The van der Waals surface area contributed by atoms with Crippen molar-refractivity contribution in [3.8, 4) is 0 Å². The van der Waals surface area contributed by atoms with Gasteiger partial charge in [0.2, 0.25) is 0 Å². The van der Waals surface area contributed by atoms with E-state index in [1.165, 1.54) is 0 Å². The van der Waals surface area contributed by atoms with Crippen molar-refractivity contribution in [2.24, 2.45) is 5.10 Å². The van der Waals surface area contributed by atoms with Crippen LogP contribution in [0.3, 0.4) is 0 Å². The fourth-order valence-corrected chi connectivity index (χ4v) is 0.663. The zero-order valence-electron chi connectivity index (χ0n) is 6.18. The third-order valence-electron chi connectivity index (χ3n) is 1.12. The number of hydrogen-bond donors (Lipinski definition) is 1. The quantitative estimate of drug-likeness (QED) is 0.318. The molecule has 12 heavy (non-hydrogen) atoms. The summed E-state index contributed by atoms with van der Waals surface area (Å²) in [4.78, 5) is 9.18. The molecule has 1 aromatic carbocycles. The summed E-state index contributed by atoms with van der Waals surface area (Å²) >= 11 is 0. The van der Waals surface area contributed by atoms with Crippen LogP contribution in [0, 0.1) is 10.1 Å². The number of nitrogens with one attached hydrogen (secondary N) is 1. The number of nitro groups is 1. The molecule has 5 heteroatoms. The zero-order valence-corrected chi connectivity index (χ0v) is 6.18. The molecule has 0 amide bonds. The molecule has 0 spiro atoms. The van der Waals surface area contributed by atoms with Crippen LogP contribution in [-0.2, 0) is 0 Å². The number of benzene rings is 1. The van der Waals surface area contributed by atoms with Gasteiger partial charge in [0.25, 0.3) is 0 Å². The van der Waals surface area contributed by atoms with Crippen molar-refractivity contribution in [1.82, 2.24) is 0 Å². The summed E-state index contributed by atoms with van der Waals surface area (Å²) in [6.45, 7) is 0. The van der Waals surface area contributed by atoms with Gasteiger partial charge < -0.3 is 10.1 Å². The van der Waals surface area contributed by atoms with Crippen molar-refractivity contribution in [2.45, 2.75) is 0 Å². The van der Waals surface area contributed by atoms with Gasteiger partial charge in [-0.25, -0.2) is 0 Å². The maximum absolute atomic E-state index is 9.81. The van der Waals surface area contributed by atoms with E-state index >= 15 is 0 Å². The Morgan fingerprint density at radius 2 is 2.08 bits per heavy atom. The minimum absolute atomic E-state index is 0.604. The van der Waals surface area contributed by atoms with Crippen molar-refractivity contribution >= 4 is 12.0 Å². The van der Waals surface area contributed by atoms with E-state index in [1.807, 2.05) is 18.2 Å². The second-order valence-corrected chi connectivity index (χ2v) is 2.01. The highest BCUT2D eigenvalue weighted by Gasteiger charge is 1.89. The SMILES string of the molecule is O=[N+]([O-])C=NNc1ccccc1. The van der Waals surface area contributed by atoms with Crippen LogP contribution in [0.5, 0.6) is 0 Å². The van der Waals surface area contributed by atoms with Gasteiger partial charge in [-0.1, -0.05) is 18.2 Å². The molecule has 0 saturated carbocycles. The van der Waals surface area contributed by atoms with E-state index in [4.69, 9.17) is 0 Å². The number of rotatable bonds is 3. The number of para-hydroxylation sites is 1. The van der Waals surface area contributed by atoms with Crippen molar-refractivity contribution in [3.63, 3.8) is 0 Å². The number of hydrazone groups is 1. The van der Waals surface area contributed by atoms with Crippen LogP contribution in [0.2, 0.25) is 0 Å². The Balaban J connectivity index is 2.49. The van der Waals surface area contributed by atoms with Crippen molar-refractivity contribution in [3.05, 3.63) is 40.4 Å². The molecule has 62 valence electrons. The standard InChI is InChI=1S/C7H7N3O2/c11-10(12)6-8-9-7-4-2-1-3-5-7/h1-6,9H. The molecule has 0 radical (unpaired) electrons. The van der Waals surface area contributed by atoms with Crippen LogP contribution in [0.25, 0.3) is 0 Å². The minimum atomic E-state index is -0.629. The normalized spacial score (nSPS) is 10.0. The average Bonchev–Trinajstić information content (AvgIpc) is 2.05. The van der Waals surface area contributed by atoms with Gasteiger partial charge in [-0.3, -0.25) is 0 Å². The van der Waals surface area contributed by atoms with Crippen LogP contribution in [0.15, 0.2) is 35.4 Å². The maximum Gasteiger partial charge on any atom is 0.352 e. The predicted molar refractivity (Wildman–Crippen MR) is 45.6 cm³/mol. The summed E-state index contributed by atoms with van der Waals surface area (Å²) in [6, 6.07) is 8.99. The first-order valence-electron chi connectivity index (χ1n) is 3.27. The number of nitrogens with zero attached hydrogens (tertiary/aromatic N) is 2. The van der Waals surface area contributed by atoms with Crippen molar-refractivity contribution < 1.29 is 4.92 Å². The molecular formula is C7H7N3O2. The highest BCUT2D eigenvalue weighted by Crippen LogP contribution is 2.03. The highest BCUT2D eigenvalue weighted by atomic mass is 16.6. The van der Waals surface area contributed by atoms with E-state index in [0.29, 0.717) is 6.34 Å². The largest absolute Gasteiger partial charge is 0.358 e. The van der Waals surface area contributed by atoms with Gasteiger partial charge >= 0.3 is 6.34 Å². The summed E-state index contributed by atoms with van der Waals surface area (Å²) in [6.07, 6.45) is 0.604. The van der Waals surface area contributed by atoms with E-state index in [2.05, 4.69) is 10.5 Å². The smallest absolute Gasteiger partial charge is 0.352 e. The molecule has 0 aliphatic heterocycles. The fourth-order valence-electron chi connectivity index (χ4n) is 0.663. The monoisotopic (exact) mass is 165 g/mol. The van der Waals surface area contributed by atoms with Gasteiger partial charge in [0.1, 0.15) is 0 Å². The Bertz CT molecular complexity index is 284. The number of hydrogen-bond acceptors (Lipinski definition) is 4. The van der Waals surface area contributed by atoms with Crippen LogP contribution in [-0.4, -0.2) is 11.3 Å². The van der Waals surface area contributed by atoms with Crippen LogP contribution >= 0.6 is 0 Å². The molecule has 1 aromatic rings. The molecule has 0 aliphatic carbocycles. The van der Waals surface area contributed by atoms with Crippen LogP contribution in [0.4, 0.5) is 5.69 Å². The summed E-state index contributed by atoms with van der Waals surface area (Å²) < 4.78 is 0. The zero-order chi connectivity index (χ0) is 8.81. The van der Waals surface area contributed by atoms with Gasteiger partial charge in [-0.2, -0.15) is 5.43 Å². The maximum atomic E-state index is 9.81. The Morgan fingerprint density at radius 1 is 1.42 bits per heavy atom. The molecule has 0 heterocycles. The molecule has 0 fully saturated rings.